The lowest BCUT2D eigenvalue weighted by molar-refractivity contribution is -0.180. The molecule has 0 radical (unpaired) electrons. The van der Waals surface area contributed by atoms with Crippen LogP contribution in [-0.4, -0.2) is 44.4 Å². The monoisotopic (exact) mass is 305 g/mol. The first kappa shape index (κ1) is 15.5. The zero-order chi connectivity index (χ0) is 16.0. The number of carbonyl (C=O) groups excluding carboxylic acids is 1. The van der Waals surface area contributed by atoms with Crippen LogP contribution in [0.2, 0.25) is 0 Å². The van der Waals surface area contributed by atoms with Crippen molar-refractivity contribution in [1.29, 1.82) is 0 Å². The molecular formula is C17H27N3O2. The Morgan fingerprint density at radius 2 is 1.95 bits per heavy atom. The van der Waals surface area contributed by atoms with Gasteiger partial charge >= 0.3 is 0 Å². The highest BCUT2D eigenvalue weighted by atomic mass is 16.3. The summed E-state index contributed by atoms with van der Waals surface area (Å²) in [6.07, 6.45) is 4.38. The maximum Gasteiger partial charge on any atom is 0.224 e. The van der Waals surface area contributed by atoms with Crippen LogP contribution in [0.5, 0.6) is 0 Å². The number of aryl methyl sites for hydroxylation is 3. The summed E-state index contributed by atoms with van der Waals surface area (Å²) in [5.41, 5.74) is 1.65. The number of piperidine rings is 1. The smallest absolute Gasteiger partial charge is 0.224 e. The lowest BCUT2D eigenvalue weighted by Gasteiger charge is -2.58. The lowest BCUT2D eigenvalue weighted by Crippen LogP contribution is -2.60. The molecule has 1 amide bonds. The fourth-order valence-electron chi connectivity index (χ4n) is 4.07. The molecule has 2 fully saturated rings. The van der Waals surface area contributed by atoms with Gasteiger partial charge in [-0.3, -0.25) is 9.48 Å². The van der Waals surface area contributed by atoms with E-state index < -0.39 is 5.60 Å². The summed E-state index contributed by atoms with van der Waals surface area (Å²) < 4.78 is 1.91. The van der Waals surface area contributed by atoms with Gasteiger partial charge in [-0.1, -0.05) is 0 Å². The molecular weight excluding hydrogens is 278 g/mol. The molecule has 1 spiro atoms. The predicted octanol–water partition coefficient (Wildman–Crippen LogP) is 2.04. The van der Waals surface area contributed by atoms with Crippen LogP contribution < -0.4 is 0 Å². The molecule has 1 saturated heterocycles. The minimum Gasteiger partial charge on any atom is -0.390 e. The van der Waals surface area contributed by atoms with Gasteiger partial charge in [0.2, 0.25) is 5.91 Å². The Morgan fingerprint density at radius 3 is 2.41 bits per heavy atom. The second kappa shape index (κ2) is 5.37. The number of likely N-dealkylation sites (tertiary alicyclic amines) is 1. The summed E-state index contributed by atoms with van der Waals surface area (Å²) in [7, 11) is 0. The van der Waals surface area contributed by atoms with Crippen molar-refractivity contribution in [3.63, 3.8) is 0 Å². The van der Waals surface area contributed by atoms with Crippen LogP contribution in [0, 0.1) is 19.3 Å². The molecule has 1 aliphatic carbocycles. The van der Waals surface area contributed by atoms with Gasteiger partial charge in [-0.25, -0.2) is 0 Å². The summed E-state index contributed by atoms with van der Waals surface area (Å²) >= 11 is 0. The standard InChI is InChI=1S/C17H27N3O2/c1-13-12-14(2)20(18-13)9-4-15(21)19-10-7-17(8-11-19)6-5-16(17,3)22/h12,22H,4-11H2,1-3H3. The number of carbonyl (C=O) groups is 1. The molecule has 122 valence electrons. The van der Waals surface area contributed by atoms with E-state index in [2.05, 4.69) is 5.10 Å². The van der Waals surface area contributed by atoms with E-state index >= 15 is 0 Å². The molecule has 0 bridgehead atoms. The number of hydrogen-bond acceptors (Lipinski definition) is 3. The Balaban J connectivity index is 1.51. The molecule has 22 heavy (non-hydrogen) atoms. The molecule has 5 heteroatoms. The van der Waals surface area contributed by atoms with Crippen LogP contribution in [-0.2, 0) is 11.3 Å². The molecule has 2 heterocycles. The first-order chi connectivity index (χ1) is 10.3. The number of aliphatic hydroxyl groups is 1. The minimum absolute atomic E-state index is 0.0689. The van der Waals surface area contributed by atoms with E-state index in [1.807, 2.05) is 36.4 Å². The third kappa shape index (κ3) is 2.56. The van der Waals surface area contributed by atoms with E-state index in [1.54, 1.807) is 0 Å². The van der Waals surface area contributed by atoms with Crippen molar-refractivity contribution >= 4 is 5.91 Å². The number of amides is 1. The van der Waals surface area contributed by atoms with Crippen LogP contribution in [0.1, 0.15) is 50.4 Å². The molecule has 1 aromatic rings. The zero-order valence-electron chi connectivity index (χ0n) is 13.9. The van der Waals surface area contributed by atoms with Gasteiger partial charge in [0.25, 0.3) is 0 Å². The first-order valence-corrected chi connectivity index (χ1v) is 8.34. The van der Waals surface area contributed by atoms with Crippen LogP contribution in [0.4, 0.5) is 0 Å². The highest BCUT2D eigenvalue weighted by Gasteiger charge is 2.55. The van der Waals surface area contributed by atoms with Crippen molar-refractivity contribution in [2.24, 2.45) is 5.41 Å². The maximum atomic E-state index is 12.4. The summed E-state index contributed by atoms with van der Waals surface area (Å²) in [5.74, 6) is 0.210. The van der Waals surface area contributed by atoms with E-state index in [-0.39, 0.29) is 11.3 Å². The summed E-state index contributed by atoms with van der Waals surface area (Å²) in [4.78, 5) is 14.4. The van der Waals surface area contributed by atoms with Crippen LogP contribution in [0.25, 0.3) is 0 Å². The van der Waals surface area contributed by atoms with Gasteiger partial charge in [0.05, 0.1) is 11.3 Å². The van der Waals surface area contributed by atoms with Crippen LogP contribution >= 0.6 is 0 Å². The lowest BCUT2D eigenvalue weighted by atomic mass is 9.53. The highest BCUT2D eigenvalue weighted by Crippen LogP contribution is 2.56. The molecule has 2 aliphatic rings. The second-order valence-corrected chi connectivity index (χ2v) is 7.34. The number of nitrogens with zero attached hydrogens (tertiary/aromatic N) is 3. The Morgan fingerprint density at radius 1 is 1.27 bits per heavy atom. The van der Waals surface area contributed by atoms with Crippen LogP contribution in [0.15, 0.2) is 6.07 Å². The molecule has 0 aromatic carbocycles. The molecule has 1 unspecified atom stereocenters. The number of rotatable bonds is 3. The van der Waals surface area contributed by atoms with Gasteiger partial charge in [-0.2, -0.15) is 5.10 Å². The maximum absolute atomic E-state index is 12.4. The largest absolute Gasteiger partial charge is 0.390 e. The Kier molecular flexibility index (Phi) is 3.79. The summed E-state index contributed by atoms with van der Waals surface area (Å²) in [6.45, 7) is 8.17. The summed E-state index contributed by atoms with van der Waals surface area (Å²) in [5, 5.41) is 14.8. The molecule has 1 aromatic heterocycles. The Hall–Kier alpha value is -1.36. The molecule has 1 saturated carbocycles. The average Bonchev–Trinajstić information content (AvgIpc) is 2.81. The van der Waals surface area contributed by atoms with E-state index in [1.165, 1.54) is 0 Å². The molecule has 1 aliphatic heterocycles. The Labute approximate surface area is 132 Å². The Bertz CT molecular complexity index is 568. The van der Waals surface area contributed by atoms with Gasteiger partial charge in [-0.05, 0) is 52.5 Å². The fraction of sp³-hybridized carbons (Fsp3) is 0.765. The SMILES string of the molecule is Cc1cc(C)n(CCC(=O)N2CCC3(CC2)CCC3(C)O)n1. The van der Waals surface area contributed by atoms with Crippen molar-refractivity contribution in [3.8, 4) is 0 Å². The topological polar surface area (TPSA) is 58.4 Å². The van der Waals surface area contributed by atoms with Crippen LogP contribution in [0.3, 0.4) is 0 Å². The minimum atomic E-state index is -0.522. The van der Waals surface area contributed by atoms with Crippen molar-refractivity contribution in [2.45, 2.75) is 65.0 Å². The first-order valence-electron chi connectivity index (χ1n) is 8.34. The fourth-order valence-corrected chi connectivity index (χ4v) is 4.07. The van der Waals surface area contributed by atoms with E-state index in [0.29, 0.717) is 13.0 Å². The predicted molar refractivity (Wildman–Crippen MR) is 84.4 cm³/mol. The summed E-state index contributed by atoms with van der Waals surface area (Å²) in [6, 6.07) is 2.04. The molecule has 5 nitrogen and oxygen atoms in total. The number of hydrogen-bond donors (Lipinski definition) is 1. The normalized spacial score (nSPS) is 27.0. The van der Waals surface area contributed by atoms with Crippen molar-refractivity contribution < 1.29 is 9.90 Å². The van der Waals surface area contributed by atoms with E-state index in [0.717, 1.165) is 50.2 Å². The third-order valence-corrected chi connectivity index (χ3v) is 5.95. The van der Waals surface area contributed by atoms with Crippen molar-refractivity contribution in [2.75, 3.05) is 13.1 Å². The van der Waals surface area contributed by atoms with Gasteiger partial charge < -0.3 is 10.0 Å². The van der Waals surface area contributed by atoms with Crippen molar-refractivity contribution in [3.05, 3.63) is 17.5 Å². The average molecular weight is 305 g/mol. The molecule has 3 rings (SSSR count). The van der Waals surface area contributed by atoms with Gasteiger partial charge in [-0.15, -0.1) is 0 Å². The zero-order valence-corrected chi connectivity index (χ0v) is 13.9. The molecule has 1 N–H and O–H groups in total. The third-order valence-electron chi connectivity index (χ3n) is 5.95. The number of aromatic nitrogens is 2. The quantitative estimate of drug-likeness (QED) is 0.930. The van der Waals surface area contributed by atoms with Gasteiger partial charge in [0.15, 0.2) is 0 Å². The van der Waals surface area contributed by atoms with Gasteiger partial charge in [0, 0.05) is 37.2 Å². The van der Waals surface area contributed by atoms with E-state index in [9.17, 15) is 9.90 Å². The van der Waals surface area contributed by atoms with E-state index in [4.69, 9.17) is 0 Å². The second-order valence-electron chi connectivity index (χ2n) is 7.34. The van der Waals surface area contributed by atoms with Gasteiger partial charge in [0.1, 0.15) is 0 Å². The van der Waals surface area contributed by atoms with Crippen molar-refractivity contribution in [1.82, 2.24) is 14.7 Å². The highest BCUT2D eigenvalue weighted by molar-refractivity contribution is 5.76. The molecule has 1 atom stereocenters.